The van der Waals surface area contributed by atoms with Gasteiger partial charge >= 0.3 is 0 Å². The molecule has 0 aromatic heterocycles. The Morgan fingerprint density at radius 1 is 1.19 bits per heavy atom. The van der Waals surface area contributed by atoms with Crippen molar-refractivity contribution in [3.63, 3.8) is 0 Å². The molecule has 2 aromatic carbocycles. The molecule has 2 amide bonds. The zero-order valence-electron chi connectivity index (χ0n) is 16.8. The number of benzene rings is 2. The van der Waals surface area contributed by atoms with Gasteiger partial charge in [-0.05, 0) is 30.3 Å². The number of hydrogen-bond acceptors (Lipinski definition) is 5. The molecule has 0 unspecified atom stereocenters. The van der Waals surface area contributed by atoms with Crippen LogP contribution in [0.5, 0.6) is 11.5 Å². The molecule has 0 radical (unpaired) electrons. The van der Waals surface area contributed by atoms with Crippen LogP contribution < -0.4 is 20.1 Å². The average Bonchev–Trinajstić information content (AvgIpc) is 2.75. The highest BCUT2D eigenvalue weighted by Gasteiger charge is 2.31. The molecular weight excluding hydrogens is 446 g/mol. The average molecular weight is 465 g/mol. The van der Waals surface area contributed by atoms with Gasteiger partial charge in [0.1, 0.15) is 11.5 Å². The van der Waals surface area contributed by atoms with E-state index >= 15 is 0 Å². The summed E-state index contributed by atoms with van der Waals surface area (Å²) in [6.45, 7) is 3.47. The first-order valence-electron chi connectivity index (χ1n) is 9.55. The van der Waals surface area contributed by atoms with Gasteiger partial charge in [0.15, 0.2) is 30.1 Å². The molecular formula is C22H19ClF2N2O5. The predicted molar refractivity (Wildman–Crippen MR) is 112 cm³/mol. The van der Waals surface area contributed by atoms with E-state index in [2.05, 4.69) is 17.2 Å². The molecule has 1 aliphatic heterocycles. The molecule has 2 aromatic rings. The Morgan fingerprint density at radius 2 is 1.97 bits per heavy atom. The van der Waals surface area contributed by atoms with E-state index in [9.17, 15) is 23.2 Å². The first-order chi connectivity index (χ1) is 15.2. The molecule has 0 spiro atoms. The number of hydrogen-bond donors (Lipinski definition) is 2. The number of fused-ring (bicyclic) bond motifs is 1. The van der Waals surface area contributed by atoms with Gasteiger partial charge in [0.25, 0.3) is 11.8 Å². The number of amides is 2. The molecule has 10 heteroatoms. The van der Waals surface area contributed by atoms with Crippen molar-refractivity contribution >= 4 is 29.2 Å². The fourth-order valence-electron chi connectivity index (χ4n) is 2.88. The van der Waals surface area contributed by atoms with Crippen molar-refractivity contribution in [1.29, 1.82) is 0 Å². The summed E-state index contributed by atoms with van der Waals surface area (Å²) < 4.78 is 36.6. The van der Waals surface area contributed by atoms with Crippen LogP contribution in [0.15, 0.2) is 48.7 Å². The van der Waals surface area contributed by atoms with E-state index in [1.807, 2.05) is 0 Å². The van der Waals surface area contributed by atoms with Crippen molar-refractivity contribution in [2.45, 2.75) is 18.9 Å². The molecule has 2 N–H and O–H groups in total. The first kappa shape index (κ1) is 23.2. The van der Waals surface area contributed by atoms with Gasteiger partial charge in [0.2, 0.25) is 0 Å². The Balaban J connectivity index is 1.39. The van der Waals surface area contributed by atoms with Crippen molar-refractivity contribution in [1.82, 2.24) is 10.6 Å². The van der Waals surface area contributed by atoms with Crippen LogP contribution in [0.1, 0.15) is 23.2 Å². The maximum atomic E-state index is 13.1. The summed E-state index contributed by atoms with van der Waals surface area (Å²) in [5.74, 6) is -3.08. The minimum absolute atomic E-state index is 0.0154. The van der Waals surface area contributed by atoms with E-state index in [4.69, 9.17) is 21.1 Å². The topological polar surface area (TPSA) is 93.7 Å². The minimum atomic E-state index is -1.08. The molecule has 0 bridgehead atoms. The van der Waals surface area contributed by atoms with Crippen LogP contribution >= 0.6 is 11.6 Å². The zero-order valence-corrected chi connectivity index (χ0v) is 17.5. The molecule has 168 valence electrons. The first-order valence-corrected chi connectivity index (χ1v) is 9.93. The normalized spacial score (nSPS) is 14.7. The molecule has 0 saturated carbocycles. The van der Waals surface area contributed by atoms with Crippen molar-refractivity contribution < 1.29 is 32.6 Å². The lowest BCUT2D eigenvalue weighted by atomic mass is 10.0. The third-order valence-electron chi connectivity index (χ3n) is 4.48. The maximum absolute atomic E-state index is 13.1. The summed E-state index contributed by atoms with van der Waals surface area (Å²) in [5.41, 5.74) is 0.642. The summed E-state index contributed by atoms with van der Waals surface area (Å²) in [7, 11) is 0. The second-order valence-corrected chi connectivity index (χ2v) is 7.37. The smallest absolute Gasteiger partial charge is 0.265 e. The van der Waals surface area contributed by atoms with E-state index in [-0.39, 0.29) is 36.7 Å². The molecule has 0 aliphatic carbocycles. The Kier molecular flexibility index (Phi) is 7.42. The Labute approximate surface area is 187 Å². The number of rotatable bonds is 8. The lowest BCUT2D eigenvalue weighted by molar-refractivity contribution is -0.127. The van der Waals surface area contributed by atoms with Crippen molar-refractivity contribution in [2.24, 2.45) is 0 Å². The van der Waals surface area contributed by atoms with Crippen molar-refractivity contribution in [3.8, 4) is 11.5 Å². The highest BCUT2D eigenvalue weighted by molar-refractivity contribution is 6.31. The monoisotopic (exact) mass is 464 g/mol. The fraction of sp³-hybridized carbons (Fsp3) is 0.227. The molecule has 1 atom stereocenters. The molecule has 1 heterocycles. The summed E-state index contributed by atoms with van der Waals surface area (Å²) in [6, 6.07) is 7.52. The second-order valence-electron chi connectivity index (χ2n) is 6.93. The van der Waals surface area contributed by atoms with Crippen LogP contribution in [0.4, 0.5) is 8.78 Å². The Bertz CT molecular complexity index is 1080. The van der Waals surface area contributed by atoms with Crippen molar-refractivity contribution in [3.05, 3.63) is 70.9 Å². The van der Waals surface area contributed by atoms with Crippen LogP contribution in [0, 0.1) is 11.6 Å². The molecule has 1 aliphatic rings. The second kappa shape index (κ2) is 10.2. The number of ketones is 1. The number of halogens is 3. The van der Waals surface area contributed by atoms with E-state index in [1.54, 1.807) is 6.07 Å². The zero-order chi connectivity index (χ0) is 23.3. The summed E-state index contributed by atoms with van der Waals surface area (Å²) in [6.07, 6.45) is -0.924. The summed E-state index contributed by atoms with van der Waals surface area (Å²) in [5, 5.41) is 5.50. The molecule has 7 nitrogen and oxygen atoms in total. The molecule has 0 saturated heterocycles. The summed E-state index contributed by atoms with van der Waals surface area (Å²) in [4.78, 5) is 36.5. The number of Topliss-reactive ketones (excluding diaryl/α,β-unsaturated/α-hetero) is 1. The number of ether oxygens (including phenoxy) is 2. The number of carbonyl (C=O) groups excluding carboxylic acids is 3. The van der Waals surface area contributed by atoms with E-state index in [1.165, 1.54) is 18.2 Å². The molecule has 32 heavy (non-hydrogen) atoms. The van der Waals surface area contributed by atoms with Crippen LogP contribution in [0.3, 0.4) is 0 Å². The summed E-state index contributed by atoms with van der Waals surface area (Å²) >= 11 is 5.88. The van der Waals surface area contributed by atoms with Gasteiger partial charge in [-0.2, -0.15) is 0 Å². The SMILES string of the molecule is C=C(CCNC(=O)COc1ccc(F)c(F)c1)NC(=O)[C@H]1CC(=O)c2cc(Cl)ccc2O1. The van der Waals surface area contributed by atoms with Gasteiger partial charge in [-0.15, -0.1) is 0 Å². The lowest BCUT2D eigenvalue weighted by Crippen LogP contribution is -2.42. The van der Waals surface area contributed by atoms with Crippen LogP contribution in [-0.4, -0.2) is 36.9 Å². The van der Waals surface area contributed by atoms with E-state index < -0.39 is 36.2 Å². The highest BCUT2D eigenvalue weighted by atomic mass is 35.5. The molecule has 3 rings (SSSR count). The minimum Gasteiger partial charge on any atom is -0.484 e. The van der Waals surface area contributed by atoms with Crippen LogP contribution in [0.2, 0.25) is 5.02 Å². The third-order valence-corrected chi connectivity index (χ3v) is 4.72. The van der Waals surface area contributed by atoms with Gasteiger partial charge in [-0.3, -0.25) is 14.4 Å². The van der Waals surface area contributed by atoms with Gasteiger partial charge in [0, 0.05) is 29.8 Å². The standard InChI is InChI=1S/C22H19ClF2N2O5/c1-12(6-7-26-21(29)11-31-14-3-4-16(24)17(25)9-14)27-22(30)20-10-18(28)15-8-13(23)2-5-19(15)32-20/h2-5,8-9,20H,1,6-7,10-11H2,(H,26,29)(H,27,30)/t20-/m1/s1. The number of carbonyl (C=O) groups is 3. The van der Waals surface area contributed by atoms with Crippen LogP contribution in [-0.2, 0) is 9.59 Å². The Hall–Kier alpha value is -3.46. The molecule has 0 fully saturated rings. The van der Waals surface area contributed by atoms with Gasteiger partial charge in [-0.1, -0.05) is 18.2 Å². The number of nitrogens with one attached hydrogen (secondary N) is 2. The largest absolute Gasteiger partial charge is 0.484 e. The highest BCUT2D eigenvalue weighted by Crippen LogP contribution is 2.30. The fourth-order valence-corrected chi connectivity index (χ4v) is 3.05. The van der Waals surface area contributed by atoms with Gasteiger partial charge in [0.05, 0.1) is 12.0 Å². The van der Waals surface area contributed by atoms with Crippen molar-refractivity contribution in [2.75, 3.05) is 13.2 Å². The van der Waals surface area contributed by atoms with Gasteiger partial charge in [-0.25, -0.2) is 8.78 Å². The lowest BCUT2D eigenvalue weighted by Gasteiger charge is -2.24. The van der Waals surface area contributed by atoms with Gasteiger partial charge < -0.3 is 20.1 Å². The van der Waals surface area contributed by atoms with E-state index in [0.717, 1.165) is 12.1 Å². The third kappa shape index (κ3) is 6.04. The predicted octanol–water partition coefficient (Wildman–Crippen LogP) is 3.17. The quantitative estimate of drug-likeness (QED) is 0.626. The van der Waals surface area contributed by atoms with E-state index in [0.29, 0.717) is 16.3 Å². The maximum Gasteiger partial charge on any atom is 0.265 e. The van der Waals surface area contributed by atoms with Crippen LogP contribution in [0.25, 0.3) is 0 Å². The Morgan fingerprint density at radius 3 is 2.72 bits per heavy atom.